The molecule has 0 saturated heterocycles. The minimum absolute atomic E-state index is 0.895. The van der Waals surface area contributed by atoms with Crippen molar-refractivity contribution >= 4 is 0 Å². The van der Waals surface area contributed by atoms with Crippen molar-refractivity contribution in [2.75, 3.05) is 6.54 Å². The zero-order chi connectivity index (χ0) is 8.93. The first-order valence-electron chi connectivity index (χ1n) is 5.82. The average Bonchev–Trinajstić information content (AvgIpc) is 2.55. The van der Waals surface area contributed by atoms with E-state index in [2.05, 4.69) is 11.5 Å². The van der Waals surface area contributed by atoms with Gasteiger partial charge in [0, 0.05) is 12.7 Å². The van der Waals surface area contributed by atoms with Crippen molar-refractivity contribution < 1.29 is 0 Å². The smallest absolute Gasteiger partial charge is 0.0427 e. The Morgan fingerprint density at radius 2 is 1.69 bits per heavy atom. The summed E-state index contributed by atoms with van der Waals surface area (Å²) >= 11 is 0. The number of hydrogen-bond acceptors (Lipinski definition) is 0. The number of nitrogens with zero attached hydrogens (tertiary/aromatic N) is 1. The molecule has 0 unspecified atom stereocenters. The van der Waals surface area contributed by atoms with E-state index in [1.54, 1.807) is 5.57 Å². The summed E-state index contributed by atoms with van der Waals surface area (Å²) in [5, 5.41) is 4.33. The maximum absolute atomic E-state index is 4.33. The summed E-state index contributed by atoms with van der Waals surface area (Å²) in [4.78, 5) is 0. The van der Waals surface area contributed by atoms with E-state index in [9.17, 15) is 0 Å². The van der Waals surface area contributed by atoms with Crippen LogP contribution in [0.2, 0.25) is 0 Å². The van der Waals surface area contributed by atoms with Gasteiger partial charge in [-0.15, -0.1) is 0 Å². The van der Waals surface area contributed by atoms with Crippen molar-refractivity contribution in [3.8, 4) is 0 Å². The molecule has 0 aromatic heterocycles. The van der Waals surface area contributed by atoms with Crippen molar-refractivity contribution in [1.29, 1.82) is 0 Å². The molecule has 1 heteroatoms. The van der Waals surface area contributed by atoms with E-state index in [0.29, 0.717) is 0 Å². The van der Waals surface area contributed by atoms with Gasteiger partial charge >= 0.3 is 0 Å². The quantitative estimate of drug-likeness (QED) is 0.585. The van der Waals surface area contributed by atoms with Crippen molar-refractivity contribution in [1.82, 2.24) is 5.32 Å². The molecule has 0 aromatic rings. The van der Waals surface area contributed by atoms with Crippen LogP contribution in [0, 0.1) is 5.92 Å². The maximum atomic E-state index is 4.33. The zero-order valence-corrected chi connectivity index (χ0v) is 8.47. The Bertz CT molecular complexity index is 176. The minimum atomic E-state index is 0.895. The molecule has 1 saturated carbocycles. The summed E-state index contributed by atoms with van der Waals surface area (Å²) < 4.78 is 0. The van der Waals surface area contributed by atoms with Crippen LogP contribution in [0.3, 0.4) is 0 Å². The summed E-state index contributed by atoms with van der Waals surface area (Å²) in [6.07, 6.45) is 13.6. The standard InChI is InChI=1S/C12H20N/c1-2-4-6-11(7-5-3-1)12-8-9-13-10-12/h10-11H,1-9H2. The highest BCUT2D eigenvalue weighted by molar-refractivity contribution is 5.10. The molecule has 1 aliphatic heterocycles. The summed E-state index contributed by atoms with van der Waals surface area (Å²) in [6.45, 7) is 1.06. The molecule has 0 aromatic carbocycles. The van der Waals surface area contributed by atoms with Gasteiger partial charge in [0.25, 0.3) is 0 Å². The van der Waals surface area contributed by atoms with Crippen LogP contribution in [0.25, 0.3) is 0 Å². The first-order chi connectivity index (χ1) is 6.47. The molecule has 2 aliphatic rings. The van der Waals surface area contributed by atoms with E-state index >= 15 is 0 Å². The van der Waals surface area contributed by atoms with Crippen LogP contribution in [0.5, 0.6) is 0 Å². The van der Waals surface area contributed by atoms with E-state index in [1.165, 1.54) is 51.4 Å². The molecule has 2 rings (SSSR count). The Morgan fingerprint density at radius 3 is 2.31 bits per heavy atom. The molecule has 1 radical (unpaired) electrons. The topological polar surface area (TPSA) is 14.1 Å². The third-order valence-electron chi connectivity index (χ3n) is 3.42. The first-order valence-corrected chi connectivity index (χ1v) is 5.82. The molecule has 13 heavy (non-hydrogen) atoms. The minimum Gasteiger partial charge on any atom is -0.293 e. The molecule has 1 heterocycles. The van der Waals surface area contributed by atoms with Gasteiger partial charge < -0.3 is 0 Å². The molecule has 73 valence electrons. The molecular weight excluding hydrogens is 158 g/mol. The predicted molar refractivity (Wildman–Crippen MR) is 55.5 cm³/mol. The lowest BCUT2D eigenvalue weighted by molar-refractivity contribution is 0.416. The van der Waals surface area contributed by atoms with Crippen molar-refractivity contribution in [3.05, 3.63) is 11.8 Å². The molecular formula is C12H20N. The Kier molecular flexibility index (Phi) is 3.28. The number of rotatable bonds is 1. The number of hydrogen-bond donors (Lipinski definition) is 0. The molecule has 0 N–H and O–H groups in total. The summed E-state index contributed by atoms with van der Waals surface area (Å²) in [6, 6.07) is 0. The monoisotopic (exact) mass is 178 g/mol. The predicted octanol–water partition coefficient (Wildman–Crippen LogP) is 3.24. The molecule has 1 nitrogen and oxygen atoms in total. The SMILES string of the molecule is C1=C(C2CCCCCCC2)CC[N]1. The highest BCUT2D eigenvalue weighted by atomic mass is 14.9. The Balaban J connectivity index is 1.87. The van der Waals surface area contributed by atoms with Gasteiger partial charge in [-0.25, -0.2) is 0 Å². The van der Waals surface area contributed by atoms with Crippen LogP contribution in [0.4, 0.5) is 0 Å². The Hall–Kier alpha value is -0.460. The largest absolute Gasteiger partial charge is 0.293 e. The summed E-state index contributed by atoms with van der Waals surface area (Å²) in [7, 11) is 0. The zero-order valence-electron chi connectivity index (χ0n) is 8.47. The third-order valence-corrected chi connectivity index (χ3v) is 3.42. The Labute approximate surface area is 81.6 Å². The molecule has 0 amide bonds. The second-order valence-corrected chi connectivity index (χ2v) is 4.40. The maximum Gasteiger partial charge on any atom is 0.0427 e. The van der Waals surface area contributed by atoms with Gasteiger partial charge in [-0.2, -0.15) is 0 Å². The van der Waals surface area contributed by atoms with Crippen molar-refractivity contribution in [2.45, 2.75) is 51.4 Å². The van der Waals surface area contributed by atoms with Gasteiger partial charge in [-0.1, -0.05) is 32.1 Å². The van der Waals surface area contributed by atoms with Gasteiger partial charge in [0.05, 0.1) is 0 Å². The lowest BCUT2D eigenvalue weighted by atomic mass is 9.85. The van der Waals surface area contributed by atoms with E-state index in [4.69, 9.17) is 0 Å². The van der Waals surface area contributed by atoms with E-state index in [-0.39, 0.29) is 0 Å². The highest BCUT2D eigenvalue weighted by Gasteiger charge is 2.18. The molecule has 0 atom stereocenters. The van der Waals surface area contributed by atoms with Crippen LogP contribution >= 0.6 is 0 Å². The third kappa shape index (κ3) is 2.49. The fourth-order valence-corrected chi connectivity index (χ4v) is 2.58. The molecule has 1 fully saturated rings. The first kappa shape index (κ1) is 9.11. The van der Waals surface area contributed by atoms with Crippen LogP contribution in [0.15, 0.2) is 11.8 Å². The van der Waals surface area contributed by atoms with E-state index in [1.807, 2.05) is 0 Å². The van der Waals surface area contributed by atoms with Gasteiger partial charge in [0.1, 0.15) is 0 Å². The second kappa shape index (κ2) is 4.69. The average molecular weight is 178 g/mol. The van der Waals surface area contributed by atoms with Gasteiger partial charge in [0.15, 0.2) is 0 Å². The summed E-state index contributed by atoms with van der Waals surface area (Å²) in [5.74, 6) is 0.895. The molecule has 0 spiro atoms. The van der Waals surface area contributed by atoms with E-state index in [0.717, 1.165) is 12.5 Å². The Morgan fingerprint density at radius 1 is 1.00 bits per heavy atom. The van der Waals surface area contributed by atoms with Crippen LogP contribution in [-0.4, -0.2) is 6.54 Å². The van der Waals surface area contributed by atoms with Gasteiger partial charge in [-0.3, -0.25) is 5.32 Å². The fourth-order valence-electron chi connectivity index (χ4n) is 2.58. The molecule has 1 aliphatic carbocycles. The van der Waals surface area contributed by atoms with Crippen LogP contribution in [0.1, 0.15) is 51.4 Å². The lowest BCUT2D eigenvalue weighted by Gasteiger charge is -2.20. The normalized spacial score (nSPS) is 26.0. The fraction of sp³-hybridized carbons (Fsp3) is 0.833. The highest BCUT2D eigenvalue weighted by Crippen LogP contribution is 2.30. The molecule has 0 bridgehead atoms. The van der Waals surface area contributed by atoms with Crippen LogP contribution in [-0.2, 0) is 0 Å². The lowest BCUT2D eigenvalue weighted by Crippen LogP contribution is -2.06. The van der Waals surface area contributed by atoms with Gasteiger partial charge in [0.2, 0.25) is 0 Å². The van der Waals surface area contributed by atoms with E-state index < -0.39 is 0 Å². The van der Waals surface area contributed by atoms with Crippen molar-refractivity contribution in [2.24, 2.45) is 5.92 Å². The summed E-state index contributed by atoms with van der Waals surface area (Å²) in [5.41, 5.74) is 1.65. The van der Waals surface area contributed by atoms with Crippen molar-refractivity contribution in [3.63, 3.8) is 0 Å². The van der Waals surface area contributed by atoms with Crippen LogP contribution < -0.4 is 5.32 Å². The second-order valence-electron chi connectivity index (χ2n) is 4.40. The van der Waals surface area contributed by atoms with Gasteiger partial charge in [-0.05, 0) is 30.8 Å².